The van der Waals surface area contributed by atoms with Gasteiger partial charge in [-0.2, -0.15) is 10.2 Å². The Bertz CT molecular complexity index is 1300. The highest BCUT2D eigenvalue weighted by molar-refractivity contribution is 7.18. The van der Waals surface area contributed by atoms with Gasteiger partial charge in [0.1, 0.15) is 5.82 Å². The lowest BCUT2D eigenvalue weighted by Crippen LogP contribution is -2.44. The third-order valence-corrected chi connectivity index (χ3v) is 6.94. The van der Waals surface area contributed by atoms with E-state index in [2.05, 4.69) is 48.4 Å². The molecule has 0 aliphatic carbocycles. The molecule has 4 heterocycles. The van der Waals surface area contributed by atoms with Crippen LogP contribution in [-0.4, -0.2) is 71.1 Å². The third-order valence-electron chi connectivity index (χ3n) is 5.88. The van der Waals surface area contributed by atoms with Gasteiger partial charge in [-0.3, -0.25) is 4.79 Å². The number of Topliss-reactive ketones (excluding diaryl/α,β-unsaturated/α-hetero) is 1. The zero-order valence-corrected chi connectivity index (χ0v) is 19.5. The molecule has 0 bridgehead atoms. The van der Waals surface area contributed by atoms with E-state index >= 15 is 0 Å². The Morgan fingerprint density at radius 3 is 2.70 bits per heavy atom. The molecule has 1 N–H and O–H groups in total. The fraction of sp³-hybridized carbons (Fsp3) is 0.292. The Balaban J connectivity index is 1.35. The van der Waals surface area contributed by atoms with Crippen LogP contribution in [0.5, 0.6) is 0 Å². The van der Waals surface area contributed by atoms with E-state index in [1.165, 1.54) is 0 Å². The van der Waals surface area contributed by atoms with Gasteiger partial charge >= 0.3 is 0 Å². The average Bonchev–Trinajstić information content (AvgIpc) is 3.34. The molecule has 1 saturated heterocycles. The van der Waals surface area contributed by atoms with Gasteiger partial charge < -0.3 is 15.1 Å². The molecule has 1 aliphatic heterocycles. The number of carbonyl (C=O) groups excluding carboxylic acids is 1. The van der Waals surface area contributed by atoms with Crippen molar-refractivity contribution in [3.63, 3.8) is 0 Å². The molecular formula is C24H25N7OS. The minimum absolute atomic E-state index is 0.0127. The SMILES string of the molecule is CNc1ncc(-c2ccc3nnc(CC(=O)c4ccnc(N5CCN(C)CC5)c4)cc3c2)s1. The van der Waals surface area contributed by atoms with Gasteiger partial charge in [-0.05, 0) is 42.9 Å². The smallest absolute Gasteiger partial charge is 0.182 e. The summed E-state index contributed by atoms with van der Waals surface area (Å²) < 4.78 is 0. The number of aromatic nitrogens is 4. The van der Waals surface area contributed by atoms with Crippen LogP contribution >= 0.6 is 11.3 Å². The number of carbonyl (C=O) groups is 1. The highest BCUT2D eigenvalue weighted by Gasteiger charge is 2.17. The predicted octanol–water partition coefficient (Wildman–Crippen LogP) is 3.37. The van der Waals surface area contributed by atoms with Gasteiger partial charge in [0.15, 0.2) is 10.9 Å². The van der Waals surface area contributed by atoms with E-state index in [0.717, 1.165) is 58.5 Å². The van der Waals surface area contributed by atoms with Crippen LogP contribution < -0.4 is 10.2 Å². The third kappa shape index (κ3) is 4.69. The number of pyridine rings is 1. The Kier molecular flexibility index (Phi) is 5.97. The van der Waals surface area contributed by atoms with Crippen LogP contribution in [0.1, 0.15) is 16.1 Å². The molecular weight excluding hydrogens is 434 g/mol. The summed E-state index contributed by atoms with van der Waals surface area (Å²) in [5.74, 6) is 0.868. The minimum atomic E-state index is 0.0127. The highest BCUT2D eigenvalue weighted by Crippen LogP contribution is 2.30. The summed E-state index contributed by atoms with van der Waals surface area (Å²) in [5, 5.41) is 13.5. The number of thiazole rings is 1. The summed E-state index contributed by atoms with van der Waals surface area (Å²) in [4.78, 5) is 27.5. The number of anilines is 2. The standard InChI is InChI=1S/C24H25N7OS/c1-25-24-27-15-22(33-24)17-3-4-20-18(11-17)12-19(28-29-20)14-21(32)16-5-6-26-23(13-16)31-9-7-30(2)8-10-31/h3-6,11-13,15H,7-10,14H2,1-2H3,(H,25,27). The second-order valence-corrected chi connectivity index (χ2v) is 9.21. The molecule has 0 unspecified atom stereocenters. The van der Waals surface area contributed by atoms with Crippen molar-refractivity contribution in [3.8, 4) is 10.4 Å². The van der Waals surface area contributed by atoms with Gasteiger partial charge in [0, 0.05) is 56.6 Å². The number of ketones is 1. The normalized spacial score (nSPS) is 14.5. The van der Waals surface area contributed by atoms with Gasteiger partial charge in [-0.15, -0.1) is 0 Å². The topological polar surface area (TPSA) is 87.1 Å². The largest absolute Gasteiger partial charge is 0.365 e. The first-order valence-electron chi connectivity index (χ1n) is 10.9. The highest BCUT2D eigenvalue weighted by atomic mass is 32.1. The number of fused-ring (bicyclic) bond motifs is 1. The van der Waals surface area contributed by atoms with Crippen molar-refractivity contribution in [2.75, 3.05) is 50.5 Å². The molecule has 8 nitrogen and oxygen atoms in total. The molecule has 5 rings (SSSR count). The van der Waals surface area contributed by atoms with E-state index in [0.29, 0.717) is 11.3 Å². The molecule has 0 atom stereocenters. The average molecular weight is 460 g/mol. The Morgan fingerprint density at radius 1 is 1.06 bits per heavy atom. The van der Waals surface area contributed by atoms with Crippen LogP contribution in [0.2, 0.25) is 0 Å². The maximum atomic E-state index is 13.0. The zero-order chi connectivity index (χ0) is 22.8. The Labute approximate surface area is 196 Å². The summed E-state index contributed by atoms with van der Waals surface area (Å²) in [6, 6.07) is 11.7. The van der Waals surface area contributed by atoms with Crippen LogP contribution in [0.15, 0.2) is 48.8 Å². The molecule has 4 aromatic rings. The molecule has 0 spiro atoms. The zero-order valence-electron chi connectivity index (χ0n) is 18.7. The number of nitrogens with one attached hydrogen (secondary N) is 1. The number of nitrogens with zero attached hydrogens (tertiary/aromatic N) is 6. The lowest BCUT2D eigenvalue weighted by atomic mass is 10.1. The number of hydrogen-bond donors (Lipinski definition) is 1. The molecule has 0 saturated carbocycles. The van der Waals surface area contributed by atoms with Crippen LogP contribution in [0.25, 0.3) is 21.3 Å². The number of likely N-dealkylation sites (N-methyl/N-ethyl adjacent to an activating group) is 1. The number of hydrogen-bond acceptors (Lipinski definition) is 9. The van der Waals surface area contributed by atoms with Gasteiger partial charge in [0.25, 0.3) is 0 Å². The first kappa shape index (κ1) is 21.4. The van der Waals surface area contributed by atoms with Crippen molar-refractivity contribution in [3.05, 3.63) is 60.0 Å². The van der Waals surface area contributed by atoms with Crippen molar-refractivity contribution < 1.29 is 4.79 Å². The molecule has 1 aliphatic rings. The number of piperazine rings is 1. The summed E-state index contributed by atoms with van der Waals surface area (Å²) in [5.41, 5.74) is 3.17. The summed E-state index contributed by atoms with van der Waals surface area (Å²) in [6.45, 7) is 3.81. The summed E-state index contributed by atoms with van der Waals surface area (Å²) in [6.07, 6.45) is 3.77. The fourth-order valence-electron chi connectivity index (χ4n) is 3.92. The Morgan fingerprint density at radius 2 is 1.91 bits per heavy atom. The van der Waals surface area contributed by atoms with Crippen molar-refractivity contribution in [1.82, 2.24) is 25.1 Å². The van der Waals surface area contributed by atoms with Crippen molar-refractivity contribution in [1.29, 1.82) is 0 Å². The van der Waals surface area contributed by atoms with Gasteiger partial charge in [0.2, 0.25) is 0 Å². The van der Waals surface area contributed by atoms with Gasteiger partial charge in [-0.1, -0.05) is 17.4 Å². The summed E-state index contributed by atoms with van der Waals surface area (Å²) >= 11 is 1.59. The maximum absolute atomic E-state index is 13.0. The molecule has 168 valence electrons. The van der Waals surface area contributed by atoms with Gasteiger partial charge in [0.05, 0.1) is 22.5 Å². The summed E-state index contributed by atoms with van der Waals surface area (Å²) in [7, 11) is 3.98. The lowest BCUT2D eigenvalue weighted by molar-refractivity contribution is 0.0991. The van der Waals surface area contributed by atoms with Crippen LogP contribution in [-0.2, 0) is 6.42 Å². The molecule has 1 fully saturated rings. The second kappa shape index (κ2) is 9.21. The monoisotopic (exact) mass is 459 g/mol. The van der Waals surface area contributed by atoms with E-state index < -0.39 is 0 Å². The van der Waals surface area contributed by atoms with Gasteiger partial charge in [-0.25, -0.2) is 9.97 Å². The molecule has 3 aromatic heterocycles. The van der Waals surface area contributed by atoms with E-state index in [1.807, 2.05) is 37.5 Å². The lowest BCUT2D eigenvalue weighted by Gasteiger charge is -2.33. The van der Waals surface area contributed by atoms with E-state index in [1.54, 1.807) is 23.6 Å². The quantitative estimate of drug-likeness (QED) is 0.439. The minimum Gasteiger partial charge on any atom is -0.365 e. The Hall–Kier alpha value is -3.43. The fourth-order valence-corrected chi connectivity index (χ4v) is 4.68. The first-order chi connectivity index (χ1) is 16.1. The van der Waals surface area contributed by atoms with E-state index in [4.69, 9.17) is 0 Å². The molecule has 0 amide bonds. The predicted molar refractivity (Wildman–Crippen MR) is 132 cm³/mol. The van der Waals surface area contributed by atoms with E-state index in [-0.39, 0.29) is 12.2 Å². The maximum Gasteiger partial charge on any atom is 0.182 e. The number of benzene rings is 1. The van der Waals surface area contributed by atoms with Crippen LogP contribution in [0.3, 0.4) is 0 Å². The van der Waals surface area contributed by atoms with E-state index in [9.17, 15) is 4.79 Å². The number of rotatable bonds is 6. The van der Waals surface area contributed by atoms with Crippen LogP contribution in [0.4, 0.5) is 10.9 Å². The van der Waals surface area contributed by atoms with Crippen LogP contribution in [0, 0.1) is 0 Å². The van der Waals surface area contributed by atoms with Crippen molar-refractivity contribution in [2.24, 2.45) is 0 Å². The molecule has 33 heavy (non-hydrogen) atoms. The first-order valence-corrected chi connectivity index (χ1v) is 11.7. The molecule has 9 heteroatoms. The van der Waals surface area contributed by atoms with Crippen molar-refractivity contribution >= 4 is 39.0 Å². The van der Waals surface area contributed by atoms with Crippen molar-refractivity contribution in [2.45, 2.75) is 6.42 Å². The molecule has 1 aromatic carbocycles. The molecule has 0 radical (unpaired) electrons. The second-order valence-electron chi connectivity index (χ2n) is 8.18.